The van der Waals surface area contributed by atoms with E-state index >= 15 is 0 Å². The number of fused-ring (bicyclic) bond motifs is 1. The van der Waals surface area contributed by atoms with Gasteiger partial charge >= 0.3 is 11.9 Å². The van der Waals surface area contributed by atoms with E-state index in [0.717, 1.165) is 0 Å². The Bertz CT molecular complexity index is 1330. The number of hydrogen-bond donors (Lipinski definition) is 4. The van der Waals surface area contributed by atoms with Crippen molar-refractivity contribution in [1.82, 2.24) is 19.5 Å². The van der Waals surface area contributed by atoms with Gasteiger partial charge < -0.3 is 34.8 Å². The Labute approximate surface area is 228 Å². The molecule has 0 amide bonds. The van der Waals surface area contributed by atoms with Gasteiger partial charge in [-0.25, -0.2) is 14.6 Å². The molecule has 0 radical (unpaired) electrons. The standard InChI is InChI=1S/C25H28ClN5O8/c1-4-17(33)21(31-14-27-18-19(30(3)5-2)28-24(26)29-20(18)31)39-16(12-32)13-38-25(22(34)35,23(36)37)11-15-9-7-6-8-10-15/h1,6-10,14,16-17,21,32-33H,5,11-13H2,2-3H3,(H,34,35)(H,36,37)/t16-,17+,21+/m0/s1. The molecule has 39 heavy (non-hydrogen) atoms. The first-order chi connectivity index (χ1) is 18.6. The molecule has 0 aliphatic carbocycles. The van der Waals surface area contributed by atoms with Gasteiger partial charge in [-0.3, -0.25) is 4.57 Å². The number of aliphatic hydroxyl groups is 2. The lowest BCUT2D eigenvalue weighted by atomic mass is 9.94. The number of aliphatic carboxylic acids is 2. The normalized spacial score (nSPS) is 13.9. The first kappa shape index (κ1) is 29.8. The van der Waals surface area contributed by atoms with E-state index in [1.807, 2.05) is 6.92 Å². The summed E-state index contributed by atoms with van der Waals surface area (Å²) in [5.74, 6) is -0.932. The van der Waals surface area contributed by atoms with Gasteiger partial charge in [-0.15, -0.1) is 6.42 Å². The molecule has 0 aliphatic rings. The Kier molecular flexibility index (Phi) is 9.79. The molecule has 3 rings (SSSR count). The van der Waals surface area contributed by atoms with Crippen molar-refractivity contribution in [2.24, 2.45) is 0 Å². The van der Waals surface area contributed by atoms with Crippen LogP contribution in [-0.2, 0) is 25.5 Å². The Morgan fingerprint density at radius 2 is 1.90 bits per heavy atom. The maximum atomic E-state index is 12.1. The molecular weight excluding hydrogens is 534 g/mol. The second-order valence-corrected chi connectivity index (χ2v) is 8.85. The van der Waals surface area contributed by atoms with Crippen molar-refractivity contribution < 1.29 is 39.5 Å². The van der Waals surface area contributed by atoms with E-state index in [0.29, 0.717) is 23.4 Å². The van der Waals surface area contributed by atoms with Gasteiger partial charge in [0.2, 0.25) is 5.28 Å². The average molecular weight is 562 g/mol. The molecular formula is C25H28ClN5O8. The summed E-state index contributed by atoms with van der Waals surface area (Å²) in [6.07, 6.45) is 1.93. The second-order valence-electron chi connectivity index (χ2n) is 8.51. The SMILES string of the molecule is C#C[C@@H](O)[C@@H](O[C@@H](CO)COC(Cc1ccccc1)(C(=O)O)C(=O)O)n1cnc2c(N(C)CC)nc(Cl)nc21. The molecule has 0 spiro atoms. The van der Waals surface area contributed by atoms with Crippen LogP contribution >= 0.6 is 11.6 Å². The topological polar surface area (TPSA) is 180 Å². The van der Waals surface area contributed by atoms with Crippen LogP contribution in [0.2, 0.25) is 5.28 Å². The number of nitrogens with zero attached hydrogens (tertiary/aromatic N) is 5. The fourth-order valence-corrected chi connectivity index (χ4v) is 3.88. The highest BCUT2D eigenvalue weighted by atomic mass is 35.5. The molecule has 4 N–H and O–H groups in total. The number of benzene rings is 1. The van der Waals surface area contributed by atoms with E-state index in [-0.39, 0.29) is 10.9 Å². The largest absolute Gasteiger partial charge is 0.479 e. The molecule has 14 heteroatoms. The molecule has 1 aromatic carbocycles. The van der Waals surface area contributed by atoms with Crippen LogP contribution in [0, 0.1) is 12.3 Å². The zero-order chi connectivity index (χ0) is 28.7. The van der Waals surface area contributed by atoms with Crippen molar-refractivity contribution in [3.63, 3.8) is 0 Å². The van der Waals surface area contributed by atoms with Crippen LogP contribution in [0.3, 0.4) is 0 Å². The Morgan fingerprint density at radius 3 is 2.46 bits per heavy atom. The highest BCUT2D eigenvalue weighted by Gasteiger charge is 2.49. The monoisotopic (exact) mass is 561 g/mol. The Balaban J connectivity index is 1.93. The number of imidazole rings is 1. The zero-order valence-corrected chi connectivity index (χ0v) is 21.9. The van der Waals surface area contributed by atoms with Gasteiger partial charge in [0.15, 0.2) is 29.3 Å². The van der Waals surface area contributed by atoms with Crippen LogP contribution in [0.1, 0.15) is 18.7 Å². The van der Waals surface area contributed by atoms with E-state index in [2.05, 4.69) is 20.9 Å². The third-order valence-corrected chi connectivity index (χ3v) is 6.13. The van der Waals surface area contributed by atoms with Gasteiger partial charge in [-0.2, -0.15) is 9.97 Å². The Hall–Kier alpha value is -3.80. The molecule has 0 saturated carbocycles. The van der Waals surface area contributed by atoms with E-state index < -0.39 is 55.6 Å². The third-order valence-electron chi connectivity index (χ3n) is 5.96. The summed E-state index contributed by atoms with van der Waals surface area (Å²) in [6.45, 7) is 1.05. The maximum Gasteiger partial charge on any atom is 0.348 e. The molecule has 0 unspecified atom stereocenters. The van der Waals surface area contributed by atoms with Crippen molar-refractivity contribution >= 4 is 40.5 Å². The predicted molar refractivity (Wildman–Crippen MR) is 139 cm³/mol. The first-order valence-electron chi connectivity index (χ1n) is 11.7. The van der Waals surface area contributed by atoms with Crippen molar-refractivity contribution in [3.8, 4) is 12.3 Å². The zero-order valence-electron chi connectivity index (χ0n) is 21.1. The van der Waals surface area contributed by atoms with Crippen molar-refractivity contribution in [2.75, 3.05) is 31.7 Å². The smallest absolute Gasteiger partial charge is 0.348 e. The molecule has 2 heterocycles. The number of hydrogen-bond acceptors (Lipinski definition) is 10. The number of rotatable bonds is 14. The molecule has 0 saturated heterocycles. The molecule has 13 nitrogen and oxygen atoms in total. The fourth-order valence-electron chi connectivity index (χ4n) is 3.72. The summed E-state index contributed by atoms with van der Waals surface area (Å²) in [4.78, 5) is 38.7. The van der Waals surface area contributed by atoms with Crippen molar-refractivity contribution in [2.45, 2.75) is 37.4 Å². The maximum absolute atomic E-state index is 12.1. The highest BCUT2D eigenvalue weighted by molar-refractivity contribution is 6.28. The number of aromatic nitrogens is 4. The first-order valence-corrected chi connectivity index (χ1v) is 12.1. The summed E-state index contributed by atoms with van der Waals surface area (Å²) in [5, 5.41) is 40.1. The molecule has 0 aliphatic heterocycles. The quantitative estimate of drug-likeness (QED) is 0.125. The van der Waals surface area contributed by atoms with Gasteiger partial charge in [0, 0.05) is 20.0 Å². The molecule has 3 aromatic rings. The number of carboxylic acids is 2. The van der Waals surface area contributed by atoms with Crippen LogP contribution in [0.4, 0.5) is 5.82 Å². The molecule has 3 atom stereocenters. The Morgan fingerprint density at radius 1 is 1.23 bits per heavy atom. The molecule has 208 valence electrons. The summed E-state index contributed by atoms with van der Waals surface area (Å²) < 4.78 is 12.5. The fraction of sp³-hybridized carbons (Fsp3) is 0.400. The number of aliphatic hydroxyl groups excluding tert-OH is 2. The number of ether oxygens (including phenoxy) is 2. The number of halogens is 1. The van der Waals surface area contributed by atoms with Gasteiger partial charge in [-0.05, 0) is 24.1 Å². The third kappa shape index (κ3) is 6.44. The summed E-state index contributed by atoms with van der Waals surface area (Å²) in [6, 6.07) is 8.07. The van der Waals surface area contributed by atoms with Crippen LogP contribution in [-0.4, -0.2) is 96.5 Å². The predicted octanol–water partition coefficient (Wildman–Crippen LogP) is 0.973. The lowest BCUT2D eigenvalue weighted by molar-refractivity contribution is -0.195. The van der Waals surface area contributed by atoms with Crippen LogP contribution in [0.5, 0.6) is 0 Å². The lowest BCUT2D eigenvalue weighted by Gasteiger charge is -2.30. The minimum absolute atomic E-state index is 0.107. The minimum atomic E-state index is -2.68. The van der Waals surface area contributed by atoms with Gasteiger partial charge in [-0.1, -0.05) is 36.3 Å². The van der Waals surface area contributed by atoms with E-state index in [9.17, 15) is 30.0 Å². The summed E-state index contributed by atoms with van der Waals surface area (Å²) in [5.41, 5.74) is -1.78. The van der Waals surface area contributed by atoms with Crippen molar-refractivity contribution in [3.05, 3.63) is 47.5 Å². The number of terminal acetylenes is 1. The molecule has 2 aromatic heterocycles. The van der Waals surface area contributed by atoms with E-state index in [1.165, 1.54) is 10.9 Å². The van der Waals surface area contributed by atoms with Gasteiger partial charge in [0.05, 0.1) is 19.5 Å². The highest BCUT2D eigenvalue weighted by Crippen LogP contribution is 2.28. The van der Waals surface area contributed by atoms with E-state index in [1.54, 1.807) is 42.3 Å². The minimum Gasteiger partial charge on any atom is -0.479 e. The number of carbonyl (C=O) groups is 2. The van der Waals surface area contributed by atoms with Crippen LogP contribution < -0.4 is 4.90 Å². The van der Waals surface area contributed by atoms with Crippen LogP contribution in [0.25, 0.3) is 11.2 Å². The van der Waals surface area contributed by atoms with E-state index in [4.69, 9.17) is 27.5 Å². The average Bonchev–Trinajstić information content (AvgIpc) is 3.34. The summed E-state index contributed by atoms with van der Waals surface area (Å²) in [7, 11) is 1.77. The van der Waals surface area contributed by atoms with Gasteiger partial charge in [0.25, 0.3) is 5.60 Å². The van der Waals surface area contributed by atoms with Crippen LogP contribution in [0.15, 0.2) is 36.7 Å². The van der Waals surface area contributed by atoms with Crippen molar-refractivity contribution in [1.29, 1.82) is 0 Å². The summed E-state index contributed by atoms with van der Waals surface area (Å²) >= 11 is 6.13. The van der Waals surface area contributed by atoms with Gasteiger partial charge in [0.1, 0.15) is 6.10 Å². The molecule has 0 fully saturated rings. The number of carboxylic acid groups (broad SMARTS) is 2. The molecule has 0 bridgehead atoms. The lowest BCUT2D eigenvalue weighted by Crippen LogP contribution is -2.52. The second kappa shape index (κ2) is 12.8. The number of anilines is 1.